The summed E-state index contributed by atoms with van der Waals surface area (Å²) in [5.41, 5.74) is 1.32. The lowest BCUT2D eigenvalue weighted by Crippen LogP contribution is -2.38. The lowest BCUT2D eigenvalue weighted by molar-refractivity contribution is -0.121. The van der Waals surface area contributed by atoms with Crippen LogP contribution in [0.5, 0.6) is 0 Å². The van der Waals surface area contributed by atoms with E-state index in [9.17, 15) is 9.59 Å². The highest BCUT2D eigenvalue weighted by molar-refractivity contribution is 6.31. The maximum atomic E-state index is 12.5. The topological polar surface area (TPSA) is 67.2 Å². The summed E-state index contributed by atoms with van der Waals surface area (Å²) in [6, 6.07) is 14.6. The molecule has 0 unspecified atom stereocenters. The van der Waals surface area contributed by atoms with Crippen LogP contribution in [0.3, 0.4) is 0 Å². The number of carbonyl (C=O) groups excluding carboxylic acids is 1. The van der Waals surface area contributed by atoms with Crippen LogP contribution in [0, 0.1) is 0 Å². The van der Waals surface area contributed by atoms with E-state index in [1.807, 2.05) is 49.3 Å². The van der Waals surface area contributed by atoms with Crippen molar-refractivity contribution in [2.75, 3.05) is 20.6 Å². The van der Waals surface area contributed by atoms with E-state index in [1.165, 1.54) is 10.9 Å². The van der Waals surface area contributed by atoms with Gasteiger partial charge in [0.15, 0.2) is 0 Å². The van der Waals surface area contributed by atoms with Crippen LogP contribution in [0.1, 0.15) is 11.6 Å². The van der Waals surface area contributed by atoms with Crippen LogP contribution in [0.15, 0.2) is 59.7 Å². The third kappa shape index (κ3) is 4.35. The van der Waals surface area contributed by atoms with E-state index in [1.54, 1.807) is 18.2 Å². The molecule has 0 aliphatic carbocycles. The first-order valence-electron chi connectivity index (χ1n) is 8.59. The second-order valence-corrected chi connectivity index (χ2v) is 6.91. The van der Waals surface area contributed by atoms with Gasteiger partial charge in [-0.1, -0.05) is 41.9 Å². The second kappa shape index (κ2) is 8.33. The number of carbonyl (C=O) groups is 1. The highest BCUT2D eigenvalue weighted by Crippen LogP contribution is 2.25. The Balaban J connectivity index is 1.71. The van der Waals surface area contributed by atoms with Crippen molar-refractivity contribution in [2.24, 2.45) is 0 Å². The van der Waals surface area contributed by atoms with E-state index in [0.717, 1.165) is 5.56 Å². The highest BCUT2D eigenvalue weighted by atomic mass is 35.5. The summed E-state index contributed by atoms with van der Waals surface area (Å²) < 4.78 is 1.32. The number of hydrogen-bond acceptors (Lipinski definition) is 4. The van der Waals surface area contributed by atoms with Gasteiger partial charge in [-0.15, -0.1) is 0 Å². The zero-order valence-corrected chi connectivity index (χ0v) is 16.0. The van der Waals surface area contributed by atoms with Crippen LogP contribution in [-0.2, 0) is 11.3 Å². The van der Waals surface area contributed by atoms with Crippen LogP contribution >= 0.6 is 11.6 Å². The third-order valence-corrected chi connectivity index (χ3v) is 4.77. The maximum absolute atomic E-state index is 12.5. The minimum Gasteiger partial charge on any atom is -0.353 e. The molecule has 0 aliphatic heterocycles. The summed E-state index contributed by atoms with van der Waals surface area (Å²) in [7, 11) is 3.86. The Kier molecular flexibility index (Phi) is 5.88. The van der Waals surface area contributed by atoms with Crippen molar-refractivity contribution in [1.82, 2.24) is 19.8 Å². The smallest absolute Gasteiger partial charge is 0.261 e. The molecule has 7 heteroatoms. The number of likely N-dealkylation sites (N-methyl/N-ethyl adjacent to an activating group) is 1. The van der Waals surface area contributed by atoms with Crippen molar-refractivity contribution in [1.29, 1.82) is 0 Å². The highest BCUT2D eigenvalue weighted by Gasteiger charge is 2.18. The third-order valence-electron chi connectivity index (χ3n) is 4.43. The number of halogens is 1. The average molecular weight is 385 g/mol. The molecule has 0 saturated carbocycles. The van der Waals surface area contributed by atoms with Gasteiger partial charge < -0.3 is 10.2 Å². The summed E-state index contributed by atoms with van der Waals surface area (Å²) in [5, 5.41) is 4.04. The zero-order valence-electron chi connectivity index (χ0n) is 15.2. The van der Waals surface area contributed by atoms with Crippen molar-refractivity contribution < 1.29 is 4.79 Å². The van der Waals surface area contributed by atoms with Crippen molar-refractivity contribution in [3.8, 4) is 0 Å². The molecule has 0 aliphatic rings. The monoisotopic (exact) mass is 384 g/mol. The lowest BCUT2D eigenvalue weighted by Gasteiger charge is -2.26. The number of nitrogens with zero attached hydrogens (tertiary/aromatic N) is 3. The fourth-order valence-electron chi connectivity index (χ4n) is 2.96. The van der Waals surface area contributed by atoms with Gasteiger partial charge in [-0.3, -0.25) is 14.2 Å². The zero-order chi connectivity index (χ0) is 19.4. The summed E-state index contributed by atoms with van der Waals surface area (Å²) in [6.45, 7) is 0.296. The van der Waals surface area contributed by atoms with E-state index in [0.29, 0.717) is 22.5 Å². The normalized spacial score (nSPS) is 12.3. The molecule has 3 aromatic rings. The fraction of sp³-hybridized carbons (Fsp3) is 0.250. The van der Waals surface area contributed by atoms with E-state index in [2.05, 4.69) is 10.3 Å². The number of fused-ring (bicyclic) bond motifs is 1. The lowest BCUT2D eigenvalue weighted by atomic mass is 10.1. The first-order valence-corrected chi connectivity index (χ1v) is 8.97. The standard InChI is InChI=1S/C20H21ClN4O2/c1-24(2)18(14-7-3-5-9-16(14)21)11-22-19(26)12-25-13-23-17-10-6-4-8-15(17)20(25)27/h3-10,13,18H,11-12H2,1-2H3,(H,22,26)/t18-/m1/s1. The summed E-state index contributed by atoms with van der Waals surface area (Å²) in [4.78, 5) is 31.1. The van der Waals surface area contributed by atoms with Crippen LogP contribution in [0.2, 0.25) is 5.02 Å². The number of para-hydroxylation sites is 1. The number of hydrogen-bond donors (Lipinski definition) is 1. The van der Waals surface area contributed by atoms with Gasteiger partial charge in [0.25, 0.3) is 5.56 Å². The van der Waals surface area contributed by atoms with E-state index < -0.39 is 0 Å². The quantitative estimate of drug-likeness (QED) is 0.709. The number of aromatic nitrogens is 2. The minimum absolute atomic E-state index is 0.0749. The van der Waals surface area contributed by atoms with E-state index in [-0.39, 0.29) is 24.1 Å². The number of rotatable bonds is 6. The van der Waals surface area contributed by atoms with Gasteiger partial charge >= 0.3 is 0 Å². The number of benzene rings is 2. The maximum Gasteiger partial charge on any atom is 0.261 e. The molecule has 2 aromatic carbocycles. The van der Waals surface area contributed by atoms with Gasteiger partial charge in [0, 0.05) is 11.6 Å². The fourth-order valence-corrected chi connectivity index (χ4v) is 3.22. The first kappa shape index (κ1) is 19.1. The Bertz CT molecular complexity index is 1020. The molecule has 1 N–H and O–H groups in total. The van der Waals surface area contributed by atoms with Gasteiger partial charge in [-0.2, -0.15) is 0 Å². The summed E-state index contributed by atoms with van der Waals surface area (Å²) in [6.07, 6.45) is 1.40. The summed E-state index contributed by atoms with van der Waals surface area (Å²) in [5.74, 6) is -0.256. The van der Waals surface area contributed by atoms with Crippen LogP contribution in [0.4, 0.5) is 0 Å². The molecule has 6 nitrogen and oxygen atoms in total. The Morgan fingerprint density at radius 3 is 2.63 bits per heavy atom. The van der Waals surface area contributed by atoms with Gasteiger partial charge in [-0.05, 0) is 37.9 Å². The molecule has 1 amide bonds. The molecule has 1 atom stereocenters. The number of amides is 1. The van der Waals surface area contributed by atoms with E-state index in [4.69, 9.17) is 11.6 Å². The van der Waals surface area contributed by atoms with Crippen LogP contribution in [0.25, 0.3) is 10.9 Å². The van der Waals surface area contributed by atoms with Crippen molar-refractivity contribution in [3.63, 3.8) is 0 Å². The molecule has 3 rings (SSSR count). The Labute approximate surface area is 162 Å². The Morgan fingerprint density at radius 1 is 1.19 bits per heavy atom. The van der Waals surface area contributed by atoms with Crippen LogP contribution in [-0.4, -0.2) is 41.0 Å². The summed E-state index contributed by atoms with van der Waals surface area (Å²) >= 11 is 6.29. The van der Waals surface area contributed by atoms with Crippen molar-refractivity contribution in [3.05, 3.63) is 75.8 Å². The van der Waals surface area contributed by atoms with Crippen molar-refractivity contribution in [2.45, 2.75) is 12.6 Å². The van der Waals surface area contributed by atoms with Gasteiger partial charge in [0.05, 0.1) is 23.3 Å². The molecular weight excluding hydrogens is 364 g/mol. The largest absolute Gasteiger partial charge is 0.353 e. The molecule has 1 heterocycles. The van der Waals surface area contributed by atoms with Gasteiger partial charge in [-0.25, -0.2) is 4.98 Å². The molecular formula is C20H21ClN4O2. The average Bonchev–Trinajstić information content (AvgIpc) is 2.65. The predicted octanol–water partition coefficient (Wildman–Crippen LogP) is 2.47. The van der Waals surface area contributed by atoms with Gasteiger partial charge in [0.2, 0.25) is 5.91 Å². The predicted molar refractivity (Wildman–Crippen MR) is 107 cm³/mol. The molecule has 0 spiro atoms. The molecule has 27 heavy (non-hydrogen) atoms. The molecule has 0 bridgehead atoms. The molecule has 0 radical (unpaired) electrons. The first-order chi connectivity index (χ1) is 13.0. The minimum atomic E-state index is -0.256. The van der Waals surface area contributed by atoms with Gasteiger partial charge in [0.1, 0.15) is 6.54 Å². The number of nitrogens with one attached hydrogen (secondary N) is 1. The Morgan fingerprint density at radius 2 is 1.89 bits per heavy atom. The molecule has 0 saturated heterocycles. The Hall–Kier alpha value is -2.70. The van der Waals surface area contributed by atoms with E-state index >= 15 is 0 Å². The molecule has 140 valence electrons. The van der Waals surface area contributed by atoms with Crippen molar-refractivity contribution >= 4 is 28.4 Å². The SMILES string of the molecule is CN(C)[C@H](CNC(=O)Cn1cnc2ccccc2c1=O)c1ccccc1Cl. The molecule has 0 fully saturated rings. The second-order valence-electron chi connectivity index (χ2n) is 6.50. The van der Waals surface area contributed by atoms with Crippen LogP contribution < -0.4 is 10.9 Å². The molecule has 1 aromatic heterocycles.